The van der Waals surface area contributed by atoms with Gasteiger partial charge in [0.2, 0.25) is 10.0 Å². The van der Waals surface area contributed by atoms with E-state index < -0.39 is 65.8 Å². The molecule has 41 heavy (non-hydrogen) atoms. The highest BCUT2D eigenvalue weighted by Gasteiger charge is 2.52. The molecule has 3 aromatic rings. The maximum atomic E-state index is 14.2. The van der Waals surface area contributed by atoms with Gasteiger partial charge in [-0.3, -0.25) is 9.13 Å². The molecule has 4 N–H and O–H groups in total. The number of methoxy groups -OCH3 is 1. The molecule has 0 saturated heterocycles. The van der Waals surface area contributed by atoms with Crippen LogP contribution in [0.25, 0.3) is 0 Å². The van der Waals surface area contributed by atoms with Crippen LogP contribution in [0, 0.1) is 0 Å². The number of para-hydroxylation sites is 1. The van der Waals surface area contributed by atoms with Gasteiger partial charge in [-0.2, -0.15) is 21.9 Å². The number of sulfonamides is 1. The summed E-state index contributed by atoms with van der Waals surface area (Å²) in [4.78, 5) is 35.6. The molecule has 0 bridgehead atoms. The summed E-state index contributed by atoms with van der Waals surface area (Å²) in [6.07, 6.45) is 0. The van der Waals surface area contributed by atoms with Crippen molar-refractivity contribution in [3.05, 3.63) is 94.0 Å². The molecule has 0 unspecified atom stereocenters. The lowest BCUT2D eigenvalue weighted by molar-refractivity contribution is 0.0564. The van der Waals surface area contributed by atoms with Crippen LogP contribution in [0.2, 0.25) is 5.02 Å². The molecule has 10 nitrogen and oxygen atoms in total. The molecule has 0 heterocycles. The second-order valence-electron chi connectivity index (χ2n) is 8.61. The van der Waals surface area contributed by atoms with Crippen LogP contribution >= 0.6 is 26.8 Å². The summed E-state index contributed by atoms with van der Waals surface area (Å²) in [6, 6.07) is 11.5. The molecule has 0 aliphatic rings. The predicted molar refractivity (Wildman–Crippen MR) is 139 cm³/mol. The van der Waals surface area contributed by atoms with Crippen molar-refractivity contribution in [2.24, 2.45) is 0 Å². The molecule has 0 spiro atoms. The normalized spacial score (nSPS) is 13.4. The van der Waals surface area contributed by atoms with Gasteiger partial charge in [-0.05, 0) is 29.3 Å². The van der Waals surface area contributed by atoms with E-state index in [0.717, 1.165) is 40.7 Å². The third kappa shape index (κ3) is 6.85. The minimum absolute atomic E-state index is 0.0170. The average Bonchev–Trinajstić information content (AvgIpc) is 2.87. The van der Waals surface area contributed by atoms with Gasteiger partial charge in [-0.1, -0.05) is 60.1 Å². The molecule has 0 fully saturated rings. The molecule has 0 aliphatic carbocycles. The Kier molecular flexibility index (Phi) is 9.51. The van der Waals surface area contributed by atoms with Gasteiger partial charge in [0.05, 0.1) is 17.7 Å². The standard InChI is InChI=1S/C23H22ClF4NO9P2S/c1-38-20-4-2-3-5-21(20)41(36,37)29(13-15-6-9-17(10-7-15)22(25,26)39(30,31)32)14-16-8-11-18(19(24)12-16)23(27,28)40(33,34)35/h2-12H,13-14H2,1H3,(H2,30,31,32)(H2,33,34,35). The van der Waals surface area contributed by atoms with Crippen LogP contribution in [-0.2, 0) is 43.6 Å². The number of ether oxygens (including phenoxy) is 1. The van der Waals surface area contributed by atoms with Gasteiger partial charge in [0.15, 0.2) is 0 Å². The first-order chi connectivity index (χ1) is 18.7. The summed E-state index contributed by atoms with van der Waals surface area (Å²) >= 11 is 5.89. The van der Waals surface area contributed by atoms with Gasteiger partial charge in [0.25, 0.3) is 0 Å². The Balaban J connectivity index is 2.06. The van der Waals surface area contributed by atoms with Crippen molar-refractivity contribution in [2.75, 3.05) is 7.11 Å². The second-order valence-corrected chi connectivity index (χ2v) is 14.2. The van der Waals surface area contributed by atoms with Gasteiger partial charge in [0.1, 0.15) is 10.6 Å². The van der Waals surface area contributed by atoms with Crippen LogP contribution < -0.4 is 4.74 Å². The van der Waals surface area contributed by atoms with Crippen molar-refractivity contribution in [3.63, 3.8) is 0 Å². The Bertz CT molecular complexity index is 1630. The molecule has 0 saturated carbocycles. The first-order valence-electron chi connectivity index (χ1n) is 11.1. The third-order valence-corrected chi connectivity index (χ3v) is 9.90. The Hall–Kier alpha value is -2.32. The summed E-state index contributed by atoms with van der Waals surface area (Å²) in [5.74, 6) is -0.0520. The fourth-order valence-corrected chi connectivity index (χ4v) is 6.60. The van der Waals surface area contributed by atoms with Crippen molar-refractivity contribution in [1.82, 2.24) is 4.31 Å². The topological polar surface area (TPSA) is 162 Å². The summed E-state index contributed by atoms with van der Waals surface area (Å²) in [6.45, 7) is -1.04. The Morgan fingerprint density at radius 1 is 0.829 bits per heavy atom. The number of halogens is 5. The Morgan fingerprint density at radius 3 is 1.85 bits per heavy atom. The lowest BCUT2D eigenvalue weighted by Gasteiger charge is -2.25. The van der Waals surface area contributed by atoms with Crippen LogP contribution in [0.1, 0.15) is 22.3 Å². The number of hydrogen-bond acceptors (Lipinski definition) is 5. The zero-order valence-electron chi connectivity index (χ0n) is 20.7. The molecule has 0 aliphatic heterocycles. The van der Waals surface area contributed by atoms with Crippen LogP contribution in [0.5, 0.6) is 5.75 Å². The van der Waals surface area contributed by atoms with Crippen molar-refractivity contribution in [2.45, 2.75) is 29.3 Å². The molecule has 18 heteroatoms. The third-order valence-electron chi connectivity index (χ3n) is 5.80. The SMILES string of the molecule is COc1ccccc1S(=O)(=O)N(Cc1ccc(C(F)(F)P(=O)(O)O)cc1)Cc1ccc(C(F)(F)P(=O)(O)O)c(Cl)c1. The van der Waals surface area contributed by atoms with Gasteiger partial charge in [-0.15, -0.1) is 0 Å². The number of nitrogens with zero attached hydrogens (tertiary/aromatic N) is 1. The van der Waals surface area contributed by atoms with E-state index in [-0.39, 0.29) is 21.8 Å². The highest BCUT2D eigenvalue weighted by molar-refractivity contribution is 7.89. The molecule has 0 amide bonds. The predicted octanol–water partition coefficient (Wildman–Crippen LogP) is 5.19. The van der Waals surface area contributed by atoms with E-state index >= 15 is 0 Å². The minimum atomic E-state index is -5.95. The highest BCUT2D eigenvalue weighted by Crippen LogP contribution is 2.61. The van der Waals surface area contributed by atoms with E-state index in [9.17, 15) is 35.1 Å². The van der Waals surface area contributed by atoms with Crippen LogP contribution in [-0.4, -0.2) is 39.4 Å². The Labute approximate surface area is 236 Å². The number of rotatable bonds is 11. The van der Waals surface area contributed by atoms with Crippen LogP contribution in [0.4, 0.5) is 17.6 Å². The summed E-state index contributed by atoms with van der Waals surface area (Å²) in [5, 5.41) is -0.755. The monoisotopic (exact) mass is 661 g/mol. The van der Waals surface area contributed by atoms with Gasteiger partial charge in [0, 0.05) is 18.7 Å². The molecular weight excluding hydrogens is 640 g/mol. The smallest absolute Gasteiger partial charge is 0.399 e. The van der Waals surface area contributed by atoms with E-state index in [0.29, 0.717) is 6.07 Å². The summed E-state index contributed by atoms with van der Waals surface area (Å²) in [7, 11) is -15.0. The minimum Gasteiger partial charge on any atom is -0.495 e. The maximum absolute atomic E-state index is 14.2. The zero-order chi connectivity index (χ0) is 31.0. The van der Waals surface area contributed by atoms with Crippen LogP contribution in [0.3, 0.4) is 0 Å². The molecule has 0 aromatic heterocycles. The fourth-order valence-electron chi connectivity index (χ4n) is 3.64. The zero-order valence-corrected chi connectivity index (χ0v) is 24.1. The van der Waals surface area contributed by atoms with Crippen molar-refractivity contribution in [1.29, 1.82) is 0 Å². The van der Waals surface area contributed by atoms with E-state index in [1.807, 2.05) is 0 Å². The first kappa shape index (κ1) is 33.2. The van der Waals surface area contributed by atoms with Crippen LogP contribution in [0.15, 0.2) is 71.6 Å². The lowest BCUT2D eigenvalue weighted by atomic mass is 10.1. The second kappa shape index (κ2) is 11.8. The quantitative estimate of drug-likeness (QED) is 0.160. The molecule has 0 radical (unpaired) electrons. The van der Waals surface area contributed by atoms with Gasteiger partial charge >= 0.3 is 26.5 Å². The highest BCUT2D eigenvalue weighted by atomic mass is 35.5. The van der Waals surface area contributed by atoms with E-state index in [1.165, 1.54) is 31.4 Å². The molecule has 224 valence electrons. The molecule has 3 aromatic carbocycles. The largest absolute Gasteiger partial charge is 0.495 e. The van der Waals surface area contributed by atoms with E-state index in [4.69, 9.17) is 35.9 Å². The molecule has 0 atom stereocenters. The van der Waals surface area contributed by atoms with Gasteiger partial charge < -0.3 is 24.3 Å². The maximum Gasteiger partial charge on any atom is 0.399 e. The molecule has 3 rings (SSSR count). The number of hydrogen-bond donors (Lipinski definition) is 4. The van der Waals surface area contributed by atoms with Crippen molar-refractivity contribution in [3.8, 4) is 5.75 Å². The summed E-state index contributed by atoms with van der Waals surface area (Å²) in [5.41, 5.74) is -11.2. The Morgan fingerprint density at radius 2 is 1.34 bits per heavy atom. The number of alkyl halides is 4. The van der Waals surface area contributed by atoms with E-state index in [2.05, 4.69) is 0 Å². The average molecular weight is 662 g/mol. The molecular formula is C23H22ClF4NO9P2S. The summed E-state index contributed by atoms with van der Waals surface area (Å²) < 4.78 is 112. The van der Waals surface area contributed by atoms with Crippen molar-refractivity contribution < 1.29 is 59.4 Å². The van der Waals surface area contributed by atoms with Crippen molar-refractivity contribution >= 4 is 36.8 Å². The van der Waals surface area contributed by atoms with Gasteiger partial charge in [-0.25, -0.2) is 8.42 Å². The fraction of sp³-hybridized carbons (Fsp3) is 0.217. The van der Waals surface area contributed by atoms with E-state index in [1.54, 1.807) is 0 Å². The lowest BCUT2D eigenvalue weighted by Crippen LogP contribution is -2.30. The number of benzene rings is 3. The first-order valence-corrected chi connectivity index (χ1v) is 16.2.